The molecule has 12 heteroatoms. The number of rotatable bonds is 35. The van der Waals surface area contributed by atoms with E-state index in [1.54, 1.807) is 28.4 Å². The lowest BCUT2D eigenvalue weighted by molar-refractivity contribution is 0.396. The highest BCUT2D eigenvalue weighted by atomic mass is 32.2. The first-order chi connectivity index (χ1) is 72.8. The largest absolute Gasteiger partial charge is 0.496 e. The molecule has 0 saturated heterocycles. The molecule has 0 aliphatic rings. The molecular weight excluding hydrogens is 1950 g/mol. The first-order valence-electron chi connectivity index (χ1n) is 50.4. The van der Waals surface area contributed by atoms with Gasteiger partial charge < -0.3 is 18.9 Å². The van der Waals surface area contributed by atoms with E-state index in [4.69, 9.17) is 18.9 Å². The number of ether oxygens (including phenoxy) is 4. The van der Waals surface area contributed by atoms with Crippen molar-refractivity contribution in [3.63, 3.8) is 0 Å². The van der Waals surface area contributed by atoms with E-state index >= 15 is 0 Å². The van der Waals surface area contributed by atoms with Crippen molar-refractivity contribution in [3.05, 3.63) is 564 Å². The van der Waals surface area contributed by atoms with Crippen LogP contribution in [0.5, 0.6) is 23.0 Å². The molecule has 0 fully saturated rings. The van der Waals surface area contributed by atoms with Gasteiger partial charge in [0.05, 0.1) is 28.4 Å². The molecule has 20 aromatic carbocycles. The molecule has 0 unspecified atom stereocenters. The Kier molecular flexibility index (Phi) is 36.9. The zero-order valence-corrected chi connectivity index (χ0v) is 92.7. The maximum atomic E-state index is 6.20. The Balaban J connectivity index is 0.000000146. The first-order valence-corrected chi connectivity index (χ1v) is 61.2. The molecule has 734 valence electrons. The van der Waals surface area contributed by atoms with Crippen LogP contribution in [-0.4, -0.2) is 28.4 Å². The molecule has 0 amide bonds. The van der Waals surface area contributed by atoms with Crippen LogP contribution in [0.1, 0.15) is 66.8 Å². The molecule has 0 bridgehead atoms. The Hall–Kier alpha value is -13.1. The normalized spacial score (nSPS) is 11.2. The van der Waals surface area contributed by atoms with Gasteiger partial charge in [0.2, 0.25) is 0 Å². The fourth-order valence-corrected chi connectivity index (χ4v) is 36.3. The van der Waals surface area contributed by atoms with Gasteiger partial charge in [-0.2, -0.15) is 0 Å². The highest BCUT2D eigenvalue weighted by Crippen LogP contribution is 2.57. The molecule has 0 heterocycles. The van der Waals surface area contributed by atoms with E-state index in [0.717, 1.165) is 82.2 Å². The van der Waals surface area contributed by atoms with Gasteiger partial charge in [-0.25, -0.2) is 0 Å². The molecule has 0 spiro atoms. The van der Waals surface area contributed by atoms with Gasteiger partial charge in [0.1, 0.15) is 23.0 Å². The molecule has 0 aliphatic heterocycles. The third-order valence-electron chi connectivity index (χ3n) is 27.2. The van der Waals surface area contributed by atoms with Crippen LogP contribution in [0.2, 0.25) is 0 Å². The SMILES string of the molecule is COc1ccc(OC)c(-c2c(OC)ccc(OC)c2CP(c2ccccc2)c2ccccc2)c1CP(c1ccccc1)c1ccccc1.Cc1ccc(C)c(-c2c(C)ccc(C)c2CP(c2ccccc2)c2ccccc2)c1CP(c1ccccc1)c1ccccc1.Cc1ccc(Sc2ccccc2)c(CP(c2ccccc2)c2ccccc2)c1-c1c(C)ccc(Sc2ccccc2)c1CP(c1ccccc1)c1ccccc1. The standard InChI is InChI=1S/C52H44P2S2.C42H40O4P2.C42H40P2/c1-39-33-35-49(55-45-29-17-7-18-30-45)47(37-53(41-21-9-3-10-22-41)42-23-11-4-12-24-42)51(39)52-40(2)34-36-50(56-46-31-19-8-20-32-46)48(52)38-54(43-25-13-5-14-26-43)44-27-15-6-16-28-44;1-43-37-25-27-39(45-3)41(35(37)29-47(31-17-9-5-10-18-31)32-19-11-6-12-20-32)42-36(38(44-2)26-28-40(42)46-4)30-48(33-21-13-7-14-22-33)34-23-15-8-16-24-34;1-31-25-27-33(3)41(39(31)29-43(35-17-9-5-10-18-35)36-19-11-6-12-20-36)42-34(4)28-26-32(2)40(42)30-44(37-21-13-7-14-22-37)38-23-15-8-16-24-38/h3-36H,37-38H2,1-2H3;5-28H,29-30H2,1-4H3;5-28H,29-30H2,1-4H3. The monoisotopic (exact) mass is 2070 g/mol. The highest BCUT2D eigenvalue weighted by molar-refractivity contribution is 7.99. The summed E-state index contributed by atoms with van der Waals surface area (Å²) in [4.78, 5) is 5.18. The van der Waals surface area contributed by atoms with Crippen molar-refractivity contribution in [3.8, 4) is 56.4 Å². The lowest BCUT2D eigenvalue weighted by atomic mass is 9.86. The Labute approximate surface area is 893 Å². The summed E-state index contributed by atoms with van der Waals surface area (Å²) in [6.45, 7) is 13.9. The minimum Gasteiger partial charge on any atom is -0.496 e. The van der Waals surface area contributed by atoms with E-state index in [9.17, 15) is 0 Å². The fraction of sp³-hybridized carbons (Fsp3) is 0.118. The summed E-state index contributed by atoms with van der Waals surface area (Å²) < 4.78 is 24.7. The second kappa shape index (κ2) is 52.2. The molecule has 0 atom stereocenters. The van der Waals surface area contributed by atoms with Gasteiger partial charge in [-0.1, -0.05) is 460 Å². The summed E-state index contributed by atoms with van der Waals surface area (Å²) in [5.74, 6) is 3.15. The second-order valence-corrected chi connectivity index (χ2v) is 52.1. The van der Waals surface area contributed by atoms with Crippen molar-refractivity contribution < 1.29 is 18.9 Å². The van der Waals surface area contributed by atoms with Crippen molar-refractivity contribution in [2.24, 2.45) is 0 Å². The molecule has 4 nitrogen and oxygen atoms in total. The Morgan fingerprint density at radius 2 is 0.304 bits per heavy atom. The van der Waals surface area contributed by atoms with Gasteiger partial charge in [0.25, 0.3) is 0 Å². The average molecular weight is 2070 g/mol. The maximum Gasteiger partial charge on any atom is 0.127 e. The lowest BCUT2D eigenvalue weighted by Crippen LogP contribution is -2.15. The van der Waals surface area contributed by atoms with Gasteiger partial charge in [0.15, 0.2) is 0 Å². The highest BCUT2D eigenvalue weighted by Gasteiger charge is 2.34. The van der Waals surface area contributed by atoms with Gasteiger partial charge in [-0.15, -0.1) is 0 Å². The fourth-order valence-electron chi connectivity index (χ4n) is 19.8. The molecular formula is C136H124O4P6S2. The van der Waals surface area contributed by atoms with Crippen LogP contribution < -0.4 is 82.6 Å². The Morgan fingerprint density at radius 3 is 0.500 bits per heavy atom. The number of hydrogen-bond acceptors (Lipinski definition) is 6. The van der Waals surface area contributed by atoms with Crippen molar-refractivity contribution in [2.45, 2.75) is 98.1 Å². The minimum atomic E-state index is -0.800. The van der Waals surface area contributed by atoms with Gasteiger partial charge in [-0.3, -0.25) is 0 Å². The quantitative estimate of drug-likeness (QED) is 0.0369. The zero-order valence-electron chi connectivity index (χ0n) is 85.7. The van der Waals surface area contributed by atoms with Gasteiger partial charge in [0, 0.05) is 78.8 Å². The Bertz CT molecular complexity index is 6980. The lowest BCUT2D eigenvalue weighted by Gasteiger charge is -2.28. The zero-order chi connectivity index (χ0) is 102. The van der Waals surface area contributed by atoms with Gasteiger partial charge >= 0.3 is 0 Å². The molecule has 0 aliphatic carbocycles. The predicted octanol–water partition coefficient (Wildman–Crippen LogP) is 32.0. The third-order valence-corrected chi connectivity index (χ3v) is 44.3. The van der Waals surface area contributed by atoms with E-state index < -0.39 is 47.5 Å². The van der Waals surface area contributed by atoms with Crippen molar-refractivity contribution in [2.75, 3.05) is 28.4 Å². The van der Waals surface area contributed by atoms with E-state index in [-0.39, 0.29) is 0 Å². The van der Waals surface area contributed by atoms with E-state index in [1.807, 2.05) is 47.8 Å². The summed E-state index contributed by atoms with van der Waals surface area (Å²) in [5.41, 5.74) is 23.7. The average Bonchev–Trinajstić information content (AvgIpc) is 0.755. The minimum absolute atomic E-state index is 0.574. The number of hydrogen-bond donors (Lipinski definition) is 0. The second-order valence-electron chi connectivity index (χ2n) is 36.6. The summed E-state index contributed by atoms with van der Waals surface area (Å²) in [6, 6.07) is 181. The van der Waals surface area contributed by atoms with E-state index in [2.05, 4.69) is 515 Å². The topological polar surface area (TPSA) is 36.9 Å². The molecule has 0 aromatic heterocycles. The van der Waals surface area contributed by atoms with Gasteiger partial charge in [-0.05, 0) is 291 Å². The van der Waals surface area contributed by atoms with E-state index in [1.165, 1.54) is 161 Å². The van der Waals surface area contributed by atoms with Crippen molar-refractivity contribution in [1.29, 1.82) is 0 Å². The Morgan fingerprint density at radius 1 is 0.149 bits per heavy atom. The van der Waals surface area contributed by atoms with Crippen LogP contribution in [0.4, 0.5) is 0 Å². The summed E-state index contributed by atoms with van der Waals surface area (Å²) in [7, 11) is 2.80. The maximum absolute atomic E-state index is 6.20. The van der Waals surface area contributed by atoms with Crippen LogP contribution in [0.3, 0.4) is 0 Å². The summed E-state index contributed by atoms with van der Waals surface area (Å²) >= 11 is 3.80. The smallest absolute Gasteiger partial charge is 0.127 e. The van der Waals surface area contributed by atoms with Crippen LogP contribution in [0.15, 0.2) is 517 Å². The number of benzene rings is 20. The predicted molar refractivity (Wildman–Crippen MR) is 648 cm³/mol. The first kappa shape index (κ1) is 105. The molecule has 148 heavy (non-hydrogen) atoms. The summed E-state index contributed by atoms with van der Waals surface area (Å²) in [5, 5.41) is 16.5. The molecule has 0 N–H and O–H groups in total. The van der Waals surface area contributed by atoms with Crippen LogP contribution in [-0.2, 0) is 37.0 Å². The van der Waals surface area contributed by atoms with Crippen LogP contribution in [0.25, 0.3) is 33.4 Å². The van der Waals surface area contributed by atoms with Crippen LogP contribution >= 0.6 is 71.1 Å². The number of methoxy groups -OCH3 is 4. The van der Waals surface area contributed by atoms with E-state index in [0.29, 0.717) is 0 Å². The third kappa shape index (κ3) is 25.5. The summed E-state index contributed by atoms with van der Waals surface area (Å²) in [6.07, 6.45) is 5.40. The van der Waals surface area contributed by atoms with Crippen molar-refractivity contribution in [1.82, 2.24) is 0 Å². The number of aryl methyl sites for hydroxylation is 6. The molecule has 20 rings (SSSR count). The van der Waals surface area contributed by atoms with Crippen LogP contribution in [0, 0.1) is 41.5 Å². The van der Waals surface area contributed by atoms with Crippen molar-refractivity contribution >= 4 is 135 Å². The molecule has 20 aromatic rings. The molecule has 0 saturated carbocycles. The molecule has 0 radical (unpaired) electrons.